The molecule has 0 spiro atoms. The van der Waals surface area contributed by atoms with Gasteiger partial charge >= 0.3 is 0 Å². The highest BCUT2D eigenvalue weighted by Crippen LogP contribution is 2.29. The number of hydrazone groups is 1. The Labute approximate surface area is 176 Å². The minimum atomic E-state index is -0.433. The Morgan fingerprint density at radius 2 is 1.63 bits per heavy atom. The summed E-state index contributed by atoms with van der Waals surface area (Å²) in [6, 6.07) is 23.4. The van der Waals surface area contributed by atoms with Crippen LogP contribution in [0.25, 0.3) is 10.2 Å². The lowest BCUT2D eigenvalue weighted by atomic mass is 10.2. The molecular weight excluding hydrogens is 400 g/mol. The van der Waals surface area contributed by atoms with Crippen LogP contribution in [-0.4, -0.2) is 15.7 Å². The zero-order valence-corrected chi connectivity index (χ0v) is 16.7. The van der Waals surface area contributed by atoms with Crippen LogP contribution < -0.4 is 5.01 Å². The van der Waals surface area contributed by atoms with Crippen molar-refractivity contribution < 1.29 is 4.92 Å². The molecule has 4 aromatic rings. The molecule has 0 atom stereocenters. The Balaban J connectivity index is 1.64. The van der Waals surface area contributed by atoms with Crippen molar-refractivity contribution in [2.75, 3.05) is 5.01 Å². The van der Waals surface area contributed by atoms with E-state index in [1.807, 2.05) is 54.6 Å². The van der Waals surface area contributed by atoms with Crippen molar-refractivity contribution in [3.05, 3.63) is 89.0 Å². The summed E-state index contributed by atoms with van der Waals surface area (Å²) in [6.45, 7) is 1.73. The van der Waals surface area contributed by atoms with E-state index in [0.29, 0.717) is 16.7 Å². The summed E-state index contributed by atoms with van der Waals surface area (Å²) < 4.78 is 1.04. The van der Waals surface area contributed by atoms with E-state index in [-0.39, 0.29) is 5.69 Å². The summed E-state index contributed by atoms with van der Waals surface area (Å²) >= 11 is 1.45. The SMILES string of the molecule is CC(N=Nc1nc2ccccc2s1)=NN(c1ccccc1)c1ccc([N+](=O)[O-])cc1. The average molecular weight is 416 g/mol. The summed E-state index contributed by atoms with van der Waals surface area (Å²) in [5.41, 5.74) is 2.35. The molecule has 0 bridgehead atoms. The molecule has 0 radical (unpaired) electrons. The third kappa shape index (κ3) is 4.36. The van der Waals surface area contributed by atoms with Crippen LogP contribution in [0.2, 0.25) is 0 Å². The number of nitro groups is 1. The minimum absolute atomic E-state index is 0.0167. The third-order valence-corrected chi connectivity index (χ3v) is 5.03. The first-order valence-corrected chi connectivity index (χ1v) is 9.84. The van der Waals surface area contributed by atoms with Gasteiger partial charge in [-0.05, 0) is 43.3 Å². The van der Waals surface area contributed by atoms with Gasteiger partial charge in [-0.3, -0.25) is 10.1 Å². The van der Waals surface area contributed by atoms with Gasteiger partial charge < -0.3 is 0 Å². The van der Waals surface area contributed by atoms with E-state index in [4.69, 9.17) is 0 Å². The van der Waals surface area contributed by atoms with E-state index < -0.39 is 4.92 Å². The van der Waals surface area contributed by atoms with E-state index in [9.17, 15) is 10.1 Å². The van der Waals surface area contributed by atoms with Crippen LogP contribution in [-0.2, 0) is 0 Å². The first-order chi connectivity index (χ1) is 14.6. The lowest BCUT2D eigenvalue weighted by Gasteiger charge is -2.19. The minimum Gasteiger partial charge on any atom is -0.258 e. The van der Waals surface area contributed by atoms with Gasteiger partial charge in [-0.1, -0.05) is 41.7 Å². The fourth-order valence-electron chi connectivity index (χ4n) is 2.73. The predicted molar refractivity (Wildman–Crippen MR) is 119 cm³/mol. The molecule has 3 aromatic carbocycles. The molecule has 0 aliphatic heterocycles. The zero-order chi connectivity index (χ0) is 20.9. The monoisotopic (exact) mass is 416 g/mol. The summed E-state index contributed by atoms with van der Waals surface area (Å²) in [5.74, 6) is 0.413. The fourth-order valence-corrected chi connectivity index (χ4v) is 3.52. The number of hydrogen-bond acceptors (Lipinski definition) is 7. The van der Waals surface area contributed by atoms with Gasteiger partial charge in [0.05, 0.1) is 26.5 Å². The zero-order valence-electron chi connectivity index (χ0n) is 15.9. The highest BCUT2D eigenvalue weighted by Gasteiger charge is 2.11. The Morgan fingerprint density at radius 3 is 2.33 bits per heavy atom. The molecular formula is C21H16N6O2S. The highest BCUT2D eigenvalue weighted by molar-refractivity contribution is 7.21. The molecule has 0 fully saturated rings. The van der Waals surface area contributed by atoms with Gasteiger partial charge in [0, 0.05) is 12.1 Å². The molecule has 0 amide bonds. The molecule has 0 saturated carbocycles. The number of amidine groups is 1. The number of aromatic nitrogens is 1. The Hall–Kier alpha value is -3.98. The van der Waals surface area contributed by atoms with Gasteiger partial charge in [0.1, 0.15) is 0 Å². The van der Waals surface area contributed by atoms with Crippen molar-refractivity contribution >= 4 is 49.6 Å². The predicted octanol–water partition coefficient (Wildman–Crippen LogP) is 6.46. The highest BCUT2D eigenvalue weighted by atomic mass is 32.1. The number of benzene rings is 3. The van der Waals surface area contributed by atoms with Gasteiger partial charge in [-0.15, -0.1) is 10.2 Å². The van der Waals surface area contributed by atoms with Crippen molar-refractivity contribution in [2.45, 2.75) is 6.92 Å². The number of non-ortho nitro benzene ring substituents is 1. The third-order valence-electron chi connectivity index (χ3n) is 4.11. The second kappa shape index (κ2) is 8.58. The van der Waals surface area contributed by atoms with Crippen LogP contribution in [0, 0.1) is 10.1 Å². The van der Waals surface area contributed by atoms with Crippen LogP contribution >= 0.6 is 11.3 Å². The lowest BCUT2D eigenvalue weighted by molar-refractivity contribution is -0.384. The molecule has 8 nitrogen and oxygen atoms in total. The number of thiazole rings is 1. The fraction of sp³-hybridized carbons (Fsp3) is 0.0476. The van der Waals surface area contributed by atoms with Crippen molar-refractivity contribution in [1.29, 1.82) is 0 Å². The molecule has 1 heterocycles. The molecule has 0 N–H and O–H groups in total. The topological polar surface area (TPSA) is 96.3 Å². The van der Waals surface area contributed by atoms with E-state index in [1.54, 1.807) is 24.1 Å². The standard InChI is InChI=1S/C21H16N6O2S/c1-15(23-24-21-22-19-9-5-6-10-20(19)30-21)25-26(16-7-3-2-4-8-16)17-11-13-18(14-12-17)27(28)29/h2-14H,1H3. The van der Waals surface area contributed by atoms with Crippen LogP contribution in [0.1, 0.15) is 6.92 Å². The smallest absolute Gasteiger partial charge is 0.258 e. The number of nitro benzene ring substituents is 1. The van der Waals surface area contributed by atoms with Crippen molar-refractivity contribution in [1.82, 2.24) is 4.98 Å². The Kier molecular flexibility index (Phi) is 5.53. The molecule has 0 aliphatic rings. The molecule has 1 aromatic heterocycles. The number of hydrogen-bond donors (Lipinski definition) is 0. The quantitative estimate of drug-likeness (QED) is 0.123. The molecule has 0 aliphatic carbocycles. The van der Waals surface area contributed by atoms with Crippen LogP contribution in [0.15, 0.2) is 94.2 Å². The maximum atomic E-state index is 10.9. The van der Waals surface area contributed by atoms with Crippen LogP contribution in [0.3, 0.4) is 0 Å². The maximum absolute atomic E-state index is 10.9. The van der Waals surface area contributed by atoms with Gasteiger partial charge in [-0.2, -0.15) is 5.10 Å². The van der Waals surface area contributed by atoms with Gasteiger partial charge in [0.15, 0.2) is 5.84 Å². The van der Waals surface area contributed by atoms with Crippen molar-refractivity contribution in [3.8, 4) is 0 Å². The van der Waals surface area contributed by atoms with Crippen molar-refractivity contribution in [3.63, 3.8) is 0 Å². The Morgan fingerprint density at radius 1 is 0.967 bits per heavy atom. The molecule has 0 saturated heterocycles. The molecule has 148 valence electrons. The van der Waals surface area contributed by atoms with Gasteiger partial charge in [0.2, 0.25) is 5.13 Å². The number of rotatable bonds is 5. The maximum Gasteiger partial charge on any atom is 0.269 e. The number of azo groups is 1. The van der Waals surface area contributed by atoms with Gasteiger partial charge in [-0.25, -0.2) is 9.99 Å². The van der Waals surface area contributed by atoms with Crippen LogP contribution in [0.4, 0.5) is 22.2 Å². The second-order valence-electron chi connectivity index (χ2n) is 6.23. The Bertz CT molecular complexity index is 1200. The summed E-state index contributed by atoms with van der Waals surface area (Å²) in [5, 5.41) is 26.1. The van der Waals surface area contributed by atoms with E-state index in [1.165, 1.54) is 23.5 Å². The van der Waals surface area contributed by atoms with Crippen LogP contribution in [0.5, 0.6) is 0 Å². The number of anilines is 2. The normalized spacial score (nSPS) is 11.8. The van der Waals surface area contributed by atoms with E-state index in [2.05, 4.69) is 20.3 Å². The lowest BCUT2D eigenvalue weighted by Crippen LogP contribution is -2.11. The molecule has 4 rings (SSSR count). The first-order valence-electron chi connectivity index (χ1n) is 9.02. The largest absolute Gasteiger partial charge is 0.269 e. The van der Waals surface area contributed by atoms with Gasteiger partial charge in [0.25, 0.3) is 5.69 Å². The van der Waals surface area contributed by atoms with Crippen molar-refractivity contribution in [2.24, 2.45) is 15.3 Å². The van der Waals surface area contributed by atoms with E-state index >= 15 is 0 Å². The summed E-state index contributed by atoms with van der Waals surface area (Å²) in [6.07, 6.45) is 0. The number of para-hydroxylation sites is 2. The first kappa shape index (κ1) is 19.3. The summed E-state index contributed by atoms with van der Waals surface area (Å²) in [7, 11) is 0. The number of fused-ring (bicyclic) bond motifs is 1. The van der Waals surface area contributed by atoms with E-state index in [0.717, 1.165) is 15.9 Å². The molecule has 9 heteroatoms. The molecule has 30 heavy (non-hydrogen) atoms. The second-order valence-corrected chi connectivity index (χ2v) is 7.24. The molecule has 0 unspecified atom stereocenters. The summed E-state index contributed by atoms with van der Waals surface area (Å²) in [4.78, 5) is 14.9. The average Bonchev–Trinajstić information content (AvgIpc) is 3.20. The number of nitrogens with zero attached hydrogens (tertiary/aromatic N) is 6.